The van der Waals surface area contributed by atoms with Crippen molar-refractivity contribution in [3.63, 3.8) is 0 Å². The van der Waals surface area contributed by atoms with E-state index in [2.05, 4.69) is 4.98 Å². The molecule has 5 heteroatoms. The van der Waals surface area contributed by atoms with Gasteiger partial charge in [-0.1, -0.05) is 0 Å². The molecule has 1 aromatic heterocycles. The number of rotatable bonds is 0. The number of aryl methyl sites for hydroxylation is 1. The molecule has 1 heterocycles. The summed E-state index contributed by atoms with van der Waals surface area (Å²) in [7, 11) is 0. The first-order valence-corrected chi connectivity index (χ1v) is 4.97. The number of nitrogens with zero attached hydrogens (tertiary/aromatic N) is 1. The summed E-state index contributed by atoms with van der Waals surface area (Å²) in [5, 5.41) is 8.77. The molecule has 0 saturated heterocycles. The van der Waals surface area contributed by atoms with Crippen LogP contribution in [0.4, 0.5) is 8.78 Å². The van der Waals surface area contributed by atoms with Crippen LogP contribution in [0.3, 0.4) is 0 Å². The third-order valence-corrected chi connectivity index (χ3v) is 2.97. The highest BCUT2D eigenvalue weighted by molar-refractivity contribution is 5.43. The van der Waals surface area contributed by atoms with E-state index in [0.717, 1.165) is 0 Å². The third kappa shape index (κ3) is 1.60. The molecule has 1 aromatic rings. The van der Waals surface area contributed by atoms with Crippen LogP contribution in [-0.2, 0) is 12.8 Å². The van der Waals surface area contributed by atoms with Gasteiger partial charge in [0.25, 0.3) is 11.5 Å². The number of aromatic nitrogens is 1. The largest absolute Gasteiger partial charge is 0.325 e. The first-order chi connectivity index (χ1) is 7.44. The van der Waals surface area contributed by atoms with Gasteiger partial charge < -0.3 is 4.98 Å². The fourth-order valence-electron chi connectivity index (χ4n) is 2.06. The van der Waals surface area contributed by atoms with Gasteiger partial charge in [-0.05, 0) is 24.5 Å². The van der Waals surface area contributed by atoms with Gasteiger partial charge in [0.1, 0.15) is 11.6 Å². The van der Waals surface area contributed by atoms with E-state index in [4.69, 9.17) is 5.26 Å². The van der Waals surface area contributed by atoms with E-state index >= 15 is 0 Å². The molecule has 0 atom stereocenters. The van der Waals surface area contributed by atoms with E-state index in [1.165, 1.54) is 0 Å². The van der Waals surface area contributed by atoms with Gasteiger partial charge in [-0.3, -0.25) is 4.79 Å². The molecule has 2 rings (SSSR count). The van der Waals surface area contributed by atoms with Crippen molar-refractivity contribution < 1.29 is 8.78 Å². The number of halogens is 2. The van der Waals surface area contributed by atoms with Crippen LogP contribution in [-0.4, -0.2) is 10.9 Å². The Morgan fingerprint density at radius 2 is 2.19 bits per heavy atom. The van der Waals surface area contributed by atoms with Crippen LogP contribution in [0.2, 0.25) is 0 Å². The molecule has 16 heavy (non-hydrogen) atoms. The van der Waals surface area contributed by atoms with Gasteiger partial charge in [0.05, 0.1) is 0 Å². The van der Waals surface area contributed by atoms with Crippen LogP contribution in [0.1, 0.15) is 28.8 Å². The minimum atomic E-state index is -2.73. The van der Waals surface area contributed by atoms with E-state index < -0.39 is 11.5 Å². The monoisotopic (exact) mass is 224 g/mol. The Balaban J connectivity index is 2.65. The Hall–Kier alpha value is -1.70. The molecule has 3 nitrogen and oxygen atoms in total. The fraction of sp³-hybridized carbons (Fsp3) is 0.455. The Morgan fingerprint density at radius 3 is 2.81 bits per heavy atom. The summed E-state index contributed by atoms with van der Waals surface area (Å²) in [6.07, 6.45) is -0.481. The zero-order valence-electron chi connectivity index (χ0n) is 8.73. The summed E-state index contributed by atoms with van der Waals surface area (Å²) in [6.45, 7) is 1.55. The van der Waals surface area contributed by atoms with Crippen LogP contribution >= 0.6 is 0 Å². The lowest BCUT2D eigenvalue weighted by Gasteiger charge is -2.25. The number of fused-ring (bicyclic) bond motifs is 1. The van der Waals surface area contributed by atoms with E-state index in [1.807, 2.05) is 0 Å². The Bertz CT molecular complexity index is 540. The molecule has 0 amide bonds. The average Bonchev–Trinajstić information content (AvgIpc) is 2.20. The van der Waals surface area contributed by atoms with Crippen molar-refractivity contribution in [2.45, 2.75) is 32.1 Å². The van der Waals surface area contributed by atoms with Crippen molar-refractivity contribution in [1.82, 2.24) is 4.98 Å². The van der Waals surface area contributed by atoms with Crippen molar-refractivity contribution in [3.05, 3.63) is 32.7 Å². The van der Waals surface area contributed by atoms with Crippen molar-refractivity contribution >= 4 is 0 Å². The molecule has 0 aliphatic heterocycles. The van der Waals surface area contributed by atoms with Gasteiger partial charge in [-0.15, -0.1) is 0 Å². The van der Waals surface area contributed by atoms with Crippen molar-refractivity contribution in [2.24, 2.45) is 0 Å². The van der Waals surface area contributed by atoms with Crippen LogP contribution < -0.4 is 5.56 Å². The van der Waals surface area contributed by atoms with Crippen molar-refractivity contribution in [3.8, 4) is 6.07 Å². The lowest BCUT2D eigenvalue weighted by molar-refractivity contribution is -0.0130. The molecule has 1 aliphatic rings. The SMILES string of the molecule is Cc1c2c([nH]c(=O)c1C#N)CCC(F)(F)C2. The second-order valence-corrected chi connectivity index (χ2v) is 4.06. The van der Waals surface area contributed by atoms with Gasteiger partial charge in [0.2, 0.25) is 0 Å². The minimum absolute atomic E-state index is 0.0588. The quantitative estimate of drug-likeness (QED) is 0.728. The maximum atomic E-state index is 13.2. The third-order valence-electron chi connectivity index (χ3n) is 2.97. The molecule has 0 spiro atoms. The number of pyridine rings is 1. The molecule has 0 bridgehead atoms. The van der Waals surface area contributed by atoms with Gasteiger partial charge in [-0.2, -0.15) is 5.26 Å². The fourth-order valence-corrected chi connectivity index (χ4v) is 2.06. The van der Waals surface area contributed by atoms with E-state index in [1.54, 1.807) is 13.0 Å². The molecule has 0 saturated carbocycles. The van der Waals surface area contributed by atoms with E-state index in [-0.39, 0.29) is 24.8 Å². The second-order valence-electron chi connectivity index (χ2n) is 4.06. The standard InChI is InChI=1S/C11H10F2N2O/c1-6-7-4-11(12,13)3-2-9(7)15-10(16)8(6)5-14/h2-4H2,1H3,(H,15,16). The van der Waals surface area contributed by atoms with E-state index in [0.29, 0.717) is 16.8 Å². The summed E-state index contributed by atoms with van der Waals surface area (Å²) in [4.78, 5) is 14.0. The summed E-state index contributed by atoms with van der Waals surface area (Å²) in [6, 6.07) is 1.75. The first kappa shape index (κ1) is 10.8. The smallest absolute Gasteiger partial charge is 0.266 e. The summed E-state index contributed by atoms with van der Waals surface area (Å²) in [5.74, 6) is -2.73. The van der Waals surface area contributed by atoms with Gasteiger partial charge in [-0.25, -0.2) is 8.78 Å². The number of H-pyrrole nitrogens is 1. The Labute approximate surface area is 90.7 Å². The number of aromatic amines is 1. The number of hydrogen-bond acceptors (Lipinski definition) is 2. The molecule has 0 unspecified atom stereocenters. The summed E-state index contributed by atoms with van der Waals surface area (Å²) < 4.78 is 26.4. The van der Waals surface area contributed by atoms with Gasteiger partial charge in [0.15, 0.2) is 0 Å². The number of nitriles is 1. The number of alkyl halides is 2. The Kier molecular flexibility index (Phi) is 2.30. The predicted molar refractivity (Wildman–Crippen MR) is 53.5 cm³/mol. The predicted octanol–water partition coefficient (Wildman–Crippen LogP) is 1.68. The van der Waals surface area contributed by atoms with Gasteiger partial charge in [0, 0.05) is 18.5 Å². The summed E-state index contributed by atoms with van der Waals surface area (Å²) >= 11 is 0. The van der Waals surface area contributed by atoms with Crippen LogP contribution in [0.25, 0.3) is 0 Å². The molecular weight excluding hydrogens is 214 g/mol. The molecule has 0 aromatic carbocycles. The highest BCUT2D eigenvalue weighted by atomic mass is 19.3. The highest BCUT2D eigenvalue weighted by Gasteiger charge is 2.35. The lowest BCUT2D eigenvalue weighted by Crippen LogP contribution is -2.30. The maximum absolute atomic E-state index is 13.2. The lowest BCUT2D eigenvalue weighted by atomic mass is 9.88. The van der Waals surface area contributed by atoms with E-state index in [9.17, 15) is 13.6 Å². The molecule has 84 valence electrons. The first-order valence-electron chi connectivity index (χ1n) is 4.97. The zero-order chi connectivity index (χ0) is 11.9. The topological polar surface area (TPSA) is 56.6 Å². The Morgan fingerprint density at radius 1 is 1.50 bits per heavy atom. The normalized spacial score (nSPS) is 17.6. The van der Waals surface area contributed by atoms with Crippen LogP contribution in [0.15, 0.2) is 4.79 Å². The maximum Gasteiger partial charge on any atom is 0.266 e. The molecule has 0 radical (unpaired) electrons. The zero-order valence-corrected chi connectivity index (χ0v) is 8.73. The minimum Gasteiger partial charge on any atom is -0.325 e. The average molecular weight is 224 g/mol. The van der Waals surface area contributed by atoms with Gasteiger partial charge >= 0.3 is 0 Å². The number of hydrogen-bond donors (Lipinski definition) is 1. The van der Waals surface area contributed by atoms with Crippen LogP contribution in [0, 0.1) is 18.3 Å². The van der Waals surface area contributed by atoms with Crippen LogP contribution in [0.5, 0.6) is 0 Å². The second kappa shape index (κ2) is 3.41. The molecular formula is C11H10F2N2O. The van der Waals surface area contributed by atoms with Crippen molar-refractivity contribution in [2.75, 3.05) is 0 Å². The molecule has 0 fully saturated rings. The summed E-state index contributed by atoms with van der Waals surface area (Å²) in [5.41, 5.74) is 0.820. The molecule has 1 N–H and O–H groups in total. The highest BCUT2D eigenvalue weighted by Crippen LogP contribution is 2.33. The molecule has 1 aliphatic carbocycles. The number of nitrogens with one attached hydrogen (secondary N) is 1. The van der Waals surface area contributed by atoms with Crippen molar-refractivity contribution in [1.29, 1.82) is 5.26 Å².